The van der Waals surface area contributed by atoms with Gasteiger partial charge in [-0.15, -0.1) is 0 Å². The lowest BCUT2D eigenvalue weighted by Crippen LogP contribution is -2.09. The largest absolute Gasteiger partial charge is 0.497 e. The Labute approximate surface area is 136 Å². The lowest BCUT2D eigenvalue weighted by Gasteiger charge is -2.08. The van der Waals surface area contributed by atoms with E-state index >= 15 is 0 Å². The number of rotatable bonds is 5. The number of nitrogens with one attached hydrogen (secondary N) is 1. The van der Waals surface area contributed by atoms with Crippen molar-refractivity contribution in [3.05, 3.63) is 60.3 Å². The molecule has 3 aromatic rings. The number of hydrogen-bond donors (Lipinski definition) is 2. The SMILES string of the molecule is COc1ccc2c(-c3ccc(CN[SH](=O)=O)cc3)ccnc2c1. The van der Waals surface area contributed by atoms with Gasteiger partial charge in [0.2, 0.25) is 10.9 Å². The number of fused-ring (bicyclic) bond motifs is 1. The van der Waals surface area contributed by atoms with Crippen LogP contribution in [0.25, 0.3) is 22.0 Å². The molecular weight excluding hydrogens is 312 g/mol. The number of benzene rings is 2. The topological polar surface area (TPSA) is 68.3 Å². The van der Waals surface area contributed by atoms with Crippen molar-refractivity contribution < 1.29 is 13.2 Å². The molecule has 6 heteroatoms. The van der Waals surface area contributed by atoms with E-state index in [0.29, 0.717) is 6.54 Å². The first-order valence-electron chi connectivity index (χ1n) is 7.07. The maximum atomic E-state index is 10.6. The second-order valence-electron chi connectivity index (χ2n) is 5.03. The predicted octanol–water partition coefficient (Wildman–Crippen LogP) is 2.53. The third kappa shape index (κ3) is 3.49. The Morgan fingerprint density at radius 2 is 1.87 bits per heavy atom. The molecule has 2 aromatic carbocycles. The van der Waals surface area contributed by atoms with Crippen LogP contribution in [0, 0.1) is 0 Å². The maximum absolute atomic E-state index is 10.6. The zero-order valence-corrected chi connectivity index (χ0v) is 13.4. The molecule has 0 bridgehead atoms. The van der Waals surface area contributed by atoms with Crippen molar-refractivity contribution in [2.24, 2.45) is 0 Å². The lowest BCUT2D eigenvalue weighted by molar-refractivity contribution is 0.415. The second-order valence-corrected chi connectivity index (χ2v) is 5.86. The molecule has 0 fully saturated rings. The van der Waals surface area contributed by atoms with Crippen LogP contribution in [0.3, 0.4) is 0 Å². The molecule has 0 unspecified atom stereocenters. The minimum atomic E-state index is -2.57. The van der Waals surface area contributed by atoms with Gasteiger partial charge in [-0.1, -0.05) is 24.3 Å². The minimum Gasteiger partial charge on any atom is -0.497 e. The fourth-order valence-corrected chi connectivity index (χ4v) is 2.78. The number of ether oxygens (including phenoxy) is 1. The van der Waals surface area contributed by atoms with Crippen molar-refractivity contribution in [2.75, 3.05) is 7.11 Å². The highest BCUT2D eigenvalue weighted by atomic mass is 32.2. The first-order chi connectivity index (χ1) is 11.2. The monoisotopic (exact) mass is 328 g/mol. The standard InChI is InChI=1S/C17H16N2O3S/c1-22-14-6-7-16-15(8-9-18-17(16)10-14)13-4-2-12(3-5-13)11-19-23(20)21/h2-10,23H,11H2,1H3,(H,19,20,21). The first kappa shape index (κ1) is 15.5. The number of pyridine rings is 1. The van der Waals surface area contributed by atoms with Crippen molar-refractivity contribution in [3.63, 3.8) is 0 Å². The van der Waals surface area contributed by atoms with E-state index in [1.807, 2.05) is 48.5 Å². The molecule has 3 rings (SSSR count). The molecule has 1 N–H and O–H groups in total. The molecule has 0 atom stereocenters. The highest BCUT2D eigenvalue weighted by molar-refractivity contribution is 7.70. The Kier molecular flexibility index (Phi) is 4.55. The zero-order chi connectivity index (χ0) is 16.2. The van der Waals surface area contributed by atoms with Crippen LogP contribution >= 0.6 is 0 Å². The van der Waals surface area contributed by atoms with Gasteiger partial charge in [0.25, 0.3) is 0 Å². The molecule has 0 radical (unpaired) electrons. The maximum Gasteiger partial charge on any atom is 0.201 e. The molecule has 23 heavy (non-hydrogen) atoms. The summed E-state index contributed by atoms with van der Waals surface area (Å²) in [6, 6.07) is 15.6. The van der Waals surface area contributed by atoms with Crippen LogP contribution in [0.2, 0.25) is 0 Å². The molecule has 0 aliphatic carbocycles. The highest BCUT2D eigenvalue weighted by Gasteiger charge is 2.06. The van der Waals surface area contributed by atoms with E-state index in [1.54, 1.807) is 13.3 Å². The normalized spacial score (nSPS) is 11.0. The van der Waals surface area contributed by atoms with Gasteiger partial charge < -0.3 is 4.74 Å². The van der Waals surface area contributed by atoms with E-state index in [2.05, 4.69) is 9.71 Å². The van der Waals surface area contributed by atoms with E-state index in [-0.39, 0.29) is 0 Å². The van der Waals surface area contributed by atoms with Gasteiger partial charge in [0.05, 0.1) is 12.6 Å². The van der Waals surface area contributed by atoms with Crippen LogP contribution in [-0.4, -0.2) is 20.5 Å². The molecule has 0 spiro atoms. The first-order valence-corrected chi connectivity index (χ1v) is 8.25. The summed E-state index contributed by atoms with van der Waals surface area (Å²) in [7, 11) is -0.942. The second kappa shape index (κ2) is 6.76. The quantitative estimate of drug-likeness (QED) is 0.706. The van der Waals surface area contributed by atoms with E-state index in [4.69, 9.17) is 4.74 Å². The molecule has 0 saturated carbocycles. The summed E-state index contributed by atoms with van der Waals surface area (Å²) >= 11 is 0. The summed E-state index contributed by atoms with van der Waals surface area (Å²) in [5.41, 5.74) is 3.91. The van der Waals surface area contributed by atoms with Gasteiger partial charge in [0.1, 0.15) is 5.75 Å². The van der Waals surface area contributed by atoms with Gasteiger partial charge in [0, 0.05) is 24.2 Å². The molecule has 0 aliphatic heterocycles. The third-order valence-corrected chi connectivity index (χ3v) is 4.04. The van der Waals surface area contributed by atoms with Gasteiger partial charge in [-0.05, 0) is 34.9 Å². The Morgan fingerprint density at radius 1 is 1.09 bits per heavy atom. The zero-order valence-electron chi connectivity index (χ0n) is 12.5. The number of methoxy groups -OCH3 is 1. The average molecular weight is 328 g/mol. The van der Waals surface area contributed by atoms with E-state index in [9.17, 15) is 8.42 Å². The smallest absolute Gasteiger partial charge is 0.201 e. The van der Waals surface area contributed by atoms with Gasteiger partial charge in [0.15, 0.2) is 0 Å². The summed E-state index contributed by atoms with van der Waals surface area (Å²) in [5, 5.41) is 1.04. The molecule has 0 amide bonds. The summed E-state index contributed by atoms with van der Waals surface area (Å²) in [4.78, 5) is 4.39. The van der Waals surface area contributed by atoms with Crippen molar-refractivity contribution in [1.29, 1.82) is 0 Å². The van der Waals surface area contributed by atoms with Crippen molar-refractivity contribution in [3.8, 4) is 16.9 Å². The van der Waals surface area contributed by atoms with Crippen molar-refractivity contribution >= 4 is 21.8 Å². The summed E-state index contributed by atoms with van der Waals surface area (Å²) in [6.07, 6.45) is 1.77. The molecule has 0 aliphatic rings. The summed E-state index contributed by atoms with van der Waals surface area (Å²) in [6.45, 7) is 0.299. The molecular formula is C17H16N2O3S. The summed E-state index contributed by atoms with van der Waals surface area (Å²) in [5.74, 6) is 0.773. The average Bonchev–Trinajstić information content (AvgIpc) is 2.59. The number of hydrogen-bond acceptors (Lipinski definition) is 4. The van der Waals surface area contributed by atoms with E-state index in [0.717, 1.165) is 33.3 Å². The molecule has 0 saturated heterocycles. The highest BCUT2D eigenvalue weighted by Crippen LogP contribution is 2.29. The number of aromatic nitrogens is 1. The van der Waals surface area contributed by atoms with Crippen LogP contribution in [0.1, 0.15) is 5.56 Å². The molecule has 118 valence electrons. The van der Waals surface area contributed by atoms with Crippen LogP contribution in [0.4, 0.5) is 0 Å². The predicted molar refractivity (Wildman–Crippen MR) is 90.9 cm³/mol. The Morgan fingerprint density at radius 3 is 2.57 bits per heavy atom. The van der Waals surface area contributed by atoms with E-state index in [1.165, 1.54) is 0 Å². The van der Waals surface area contributed by atoms with Gasteiger partial charge in [-0.2, -0.15) is 0 Å². The molecule has 1 heterocycles. The third-order valence-electron chi connectivity index (χ3n) is 3.63. The van der Waals surface area contributed by atoms with Gasteiger partial charge in [-0.3, -0.25) is 4.98 Å². The fourth-order valence-electron chi connectivity index (χ4n) is 2.46. The van der Waals surface area contributed by atoms with Crippen molar-refractivity contribution in [2.45, 2.75) is 6.54 Å². The van der Waals surface area contributed by atoms with E-state index < -0.39 is 10.9 Å². The van der Waals surface area contributed by atoms with Crippen LogP contribution in [0.15, 0.2) is 54.7 Å². The lowest BCUT2D eigenvalue weighted by atomic mass is 10.00. The minimum absolute atomic E-state index is 0.299. The van der Waals surface area contributed by atoms with Crippen molar-refractivity contribution in [1.82, 2.24) is 9.71 Å². The fraction of sp³-hybridized carbons (Fsp3) is 0.118. The number of thiol groups is 1. The Balaban J connectivity index is 1.96. The Bertz CT molecular complexity index is 897. The molecule has 1 aromatic heterocycles. The van der Waals surface area contributed by atoms with Gasteiger partial charge in [-0.25, -0.2) is 13.1 Å². The van der Waals surface area contributed by atoms with Crippen LogP contribution in [-0.2, 0) is 17.4 Å². The summed E-state index contributed by atoms with van der Waals surface area (Å²) < 4.78 is 28.8. The van der Waals surface area contributed by atoms with Gasteiger partial charge >= 0.3 is 0 Å². The number of nitrogens with zero attached hydrogens (tertiary/aromatic N) is 1. The molecule has 5 nitrogen and oxygen atoms in total. The van der Waals surface area contributed by atoms with Crippen LogP contribution < -0.4 is 9.46 Å². The Hall–Kier alpha value is -2.44. The van der Waals surface area contributed by atoms with Crippen LogP contribution in [0.5, 0.6) is 5.75 Å².